The molecule has 112 valence electrons. The van der Waals surface area contributed by atoms with Crippen LogP contribution in [0, 0.1) is 6.92 Å². The SMILES string of the molecule is Cc1ccc(C(C)C)cc1Oc1ccc(S(=O)(=O)Cl)cn1. The number of hydrogen-bond donors (Lipinski definition) is 0. The Kier molecular flexibility index (Phi) is 4.54. The Morgan fingerprint density at radius 3 is 2.43 bits per heavy atom. The Hall–Kier alpha value is -1.59. The van der Waals surface area contributed by atoms with Gasteiger partial charge in [0.15, 0.2) is 0 Å². The molecule has 2 aromatic rings. The average Bonchev–Trinajstić information content (AvgIpc) is 2.40. The Bertz CT molecular complexity index is 740. The van der Waals surface area contributed by atoms with E-state index in [-0.39, 0.29) is 4.90 Å². The number of rotatable bonds is 4. The van der Waals surface area contributed by atoms with Crippen LogP contribution in [0.15, 0.2) is 41.4 Å². The predicted molar refractivity (Wildman–Crippen MR) is 82.6 cm³/mol. The Labute approximate surface area is 129 Å². The van der Waals surface area contributed by atoms with E-state index in [9.17, 15) is 8.42 Å². The topological polar surface area (TPSA) is 56.3 Å². The normalized spacial score (nSPS) is 11.7. The highest BCUT2D eigenvalue weighted by atomic mass is 35.7. The van der Waals surface area contributed by atoms with Crippen molar-refractivity contribution in [1.29, 1.82) is 0 Å². The van der Waals surface area contributed by atoms with Crippen molar-refractivity contribution in [2.45, 2.75) is 31.6 Å². The fourth-order valence-electron chi connectivity index (χ4n) is 1.77. The van der Waals surface area contributed by atoms with Gasteiger partial charge in [-0.3, -0.25) is 0 Å². The highest BCUT2D eigenvalue weighted by Gasteiger charge is 2.11. The summed E-state index contributed by atoms with van der Waals surface area (Å²) in [5.41, 5.74) is 2.14. The Balaban J connectivity index is 2.28. The van der Waals surface area contributed by atoms with Gasteiger partial charge in [0.1, 0.15) is 10.6 Å². The van der Waals surface area contributed by atoms with Crippen molar-refractivity contribution in [1.82, 2.24) is 4.98 Å². The summed E-state index contributed by atoms with van der Waals surface area (Å²) in [4.78, 5) is 3.92. The van der Waals surface area contributed by atoms with Gasteiger partial charge in [-0.1, -0.05) is 26.0 Å². The second kappa shape index (κ2) is 6.03. The molecule has 2 rings (SSSR count). The van der Waals surface area contributed by atoms with E-state index >= 15 is 0 Å². The van der Waals surface area contributed by atoms with E-state index in [0.29, 0.717) is 17.5 Å². The number of pyridine rings is 1. The molecule has 0 aliphatic rings. The molecule has 0 saturated carbocycles. The second-order valence-corrected chi connectivity index (χ2v) is 7.62. The standard InChI is InChI=1S/C15H16ClNO3S/c1-10(2)12-5-4-11(3)14(8-12)20-15-7-6-13(9-17-15)21(16,18)19/h4-10H,1-3H3. The molecule has 0 saturated heterocycles. The van der Waals surface area contributed by atoms with E-state index in [1.54, 1.807) is 0 Å². The summed E-state index contributed by atoms with van der Waals surface area (Å²) in [6, 6.07) is 8.86. The van der Waals surface area contributed by atoms with Gasteiger partial charge in [-0.2, -0.15) is 0 Å². The maximum Gasteiger partial charge on any atom is 0.262 e. The minimum absolute atomic E-state index is 0.0517. The third-order valence-electron chi connectivity index (χ3n) is 3.08. The summed E-state index contributed by atoms with van der Waals surface area (Å²) in [5, 5.41) is 0. The van der Waals surface area contributed by atoms with Gasteiger partial charge in [-0.05, 0) is 36.1 Å². The van der Waals surface area contributed by atoms with Crippen molar-refractivity contribution < 1.29 is 13.2 Å². The molecule has 4 nitrogen and oxygen atoms in total. The minimum Gasteiger partial charge on any atom is -0.439 e. The van der Waals surface area contributed by atoms with Crippen LogP contribution >= 0.6 is 10.7 Å². The van der Waals surface area contributed by atoms with Crippen molar-refractivity contribution in [3.05, 3.63) is 47.7 Å². The van der Waals surface area contributed by atoms with E-state index in [2.05, 4.69) is 24.9 Å². The van der Waals surface area contributed by atoms with Crippen LogP contribution in [0.25, 0.3) is 0 Å². The van der Waals surface area contributed by atoms with Crippen molar-refractivity contribution in [2.75, 3.05) is 0 Å². The van der Waals surface area contributed by atoms with E-state index in [0.717, 1.165) is 11.1 Å². The van der Waals surface area contributed by atoms with Crippen molar-refractivity contribution in [2.24, 2.45) is 0 Å². The molecule has 1 aromatic heterocycles. The molecule has 0 aliphatic heterocycles. The van der Waals surface area contributed by atoms with Crippen LogP contribution in [0.3, 0.4) is 0 Å². The number of aryl methyl sites for hydroxylation is 1. The zero-order valence-electron chi connectivity index (χ0n) is 12.0. The first-order valence-electron chi connectivity index (χ1n) is 6.46. The largest absolute Gasteiger partial charge is 0.439 e. The van der Waals surface area contributed by atoms with E-state index in [1.165, 1.54) is 18.3 Å². The van der Waals surface area contributed by atoms with Crippen molar-refractivity contribution in [3.63, 3.8) is 0 Å². The van der Waals surface area contributed by atoms with Crippen LogP contribution in [-0.4, -0.2) is 13.4 Å². The molecule has 0 unspecified atom stereocenters. The van der Waals surface area contributed by atoms with Gasteiger partial charge in [0.05, 0.1) is 6.20 Å². The molecule has 0 bridgehead atoms. The van der Waals surface area contributed by atoms with Crippen LogP contribution in [0.2, 0.25) is 0 Å². The molecule has 6 heteroatoms. The Morgan fingerprint density at radius 2 is 1.90 bits per heavy atom. The van der Waals surface area contributed by atoms with Crippen LogP contribution in [-0.2, 0) is 9.05 Å². The van der Waals surface area contributed by atoms with Crippen molar-refractivity contribution in [3.8, 4) is 11.6 Å². The first-order chi connectivity index (χ1) is 9.77. The highest BCUT2D eigenvalue weighted by molar-refractivity contribution is 8.13. The summed E-state index contributed by atoms with van der Waals surface area (Å²) < 4.78 is 28.0. The second-order valence-electron chi connectivity index (χ2n) is 5.05. The van der Waals surface area contributed by atoms with Gasteiger partial charge in [0.2, 0.25) is 5.88 Å². The molecular weight excluding hydrogens is 310 g/mol. The lowest BCUT2D eigenvalue weighted by molar-refractivity contribution is 0.457. The highest BCUT2D eigenvalue weighted by Crippen LogP contribution is 2.28. The summed E-state index contributed by atoms with van der Waals surface area (Å²) in [7, 11) is 1.48. The molecule has 1 heterocycles. The maximum absolute atomic E-state index is 11.2. The number of hydrogen-bond acceptors (Lipinski definition) is 4. The number of ether oxygens (including phenoxy) is 1. The lowest BCUT2D eigenvalue weighted by Crippen LogP contribution is -1.96. The van der Waals surface area contributed by atoms with Gasteiger partial charge < -0.3 is 4.74 Å². The molecular formula is C15H16ClNO3S. The summed E-state index contributed by atoms with van der Waals surface area (Å²) >= 11 is 0. The zero-order valence-corrected chi connectivity index (χ0v) is 13.6. The van der Waals surface area contributed by atoms with Crippen LogP contribution in [0.1, 0.15) is 30.9 Å². The van der Waals surface area contributed by atoms with Gasteiger partial charge in [-0.15, -0.1) is 0 Å². The molecule has 0 fully saturated rings. The number of benzene rings is 1. The van der Waals surface area contributed by atoms with E-state index in [4.69, 9.17) is 15.4 Å². The molecule has 21 heavy (non-hydrogen) atoms. The summed E-state index contributed by atoms with van der Waals surface area (Å²) in [6.07, 6.45) is 1.18. The average molecular weight is 326 g/mol. The fourth-order valence-corrected chi connectivity index (χ4v) is 2.45. The number of halogens is 1. The lowest BCUT2D eigenvalue weighted by atomic mass is 10.0. The van der Waals surface area contributed by atoms with E-state index in [1.807, 2.05) is 19.1 Å². The molecule has 0 aliphatic carbocycles. The monoisotopic (exact) mass is 325 g/mol. The zero-order chi connectivity index (χ0) is 15.6. The predicted octanol–water partition coefficient (Wildman–Crippen LogP) is 4.23. The number of nitrogens with zero attached hydrogens (tertiary/aromatic N) is 1. The molecule has 0 amide bonds. The Morgan fingerprint density at radius 1 is 1.19 bits per heavy atom. The minimum atomic E-state index is -3.76. The van der Waals surface area contributed by atoms with Gasteiger partial charge >= 0.3 is 0 Å². The molecule has 0 radical (unpaired) electrons. The van der Waals surface area contributed by atoms with Gasteiger partial charge in [-0.25, -0.2) is 13.4 Å². The summed E-state index contributed by atoms with van der Waals surface area (Å²) in [5.74, 6) is 1.42. The van der Waals surface area contributed by atoms with E-state index < -0.39 is 9.05 Å². The molecule has 0 atom stereocenters. The van der Waals surface area contributed by atoms with Gasteiger partial charge in [0.25, 0.3) is 9.05 Å². The van der Waals surface area contributed by atoms with Crippen molar-refractivity contribution >= 4 is 19.7 Å². The fraction of sp³-hybridized carbons (Fsp3) is 0.267. The quantitative estimate of drug-likeness (QED) is 0.789. The van der Waals surface area contributed by atoms with Gasteiger partial charge in [0, 0.05) is 16.7 Å². The molecule has 0 spiro atoms. The summed E-state index contributed by atoms with van der Waals surface area (Å²) in [6.45, 7) is 6.15. The number of aromatic nitrogens is 1. The first kappa shape index (κ1) is 15.8. The van der Waals surface area contributed by atoms with Crippen LogP contribution in [0.5, 0.6) is 11.6 Å². The third-order valence-corrected chi connectivity index (χ3v) is 4.42. The van der Waals surface area contributed by atoms with Crippen LogP contribution < -0.4 is 4.74 Å². The smallest absolute Gasteiger partial charge is 0.262 e. The maximum atomic E-state index is 11.2. The first-order valence-corrected chi connectivity index (χ1v) is 8.77. The molecule has 1 aromatic carbocycles. The lowest BCUT2D eigenvalue weighted by Gasteiger charge is -2.12. The van der Waals surface area contributed by atoms with Crippen LogP contribution in [0.4, 0.5) is 0 Å². The molecule has 0 N–H and O–H groups in total. The third kappa shape index (κ3) is 3.95.